The highest BCUT2D eigenvalue weighted by atomic mass is 79.9. The number of carbonyl (C=O) groups excluding carboxylic acids is 2. The molecule has 2 aromatic carbocycles. The van der Waals surface area contributed by atoms with Crippen LogP contribution >= 0.6 is 27.5 Å². The number of carbonyl (C=O) groups is 2. The molecule has 0 fully saturated rings. The minimum atomic E-state index is -0.755. The Kier molecular flexibility index (Phi) is 9.08. The SMILES string of the molecule is C=CCOc1ccc(/C=N\NC(=O)C(NC(=O)c2cccc(Cl)c2)C(C)C)cc1Br. The van der Waals surface area contributed by atoms with E-state index in [-0.39, 0.29) is 11.8 Å². The topological polar surface area (TPSA) is 79.8 Å². The smallest absolute Gasteiger partial charge is 0.262 e. The molecule has 0 bridgehead atoms. The first-order chi connectivity index (χ1) is 14.3. The van der Waals surface area contributed by atoms with Crippen LogP contribution in [0.25, 0.3) is 0 Å². The zero-order valence-corrected chi connectivity index (χ0v) is 19.0. The Morgan fingerprint density at radius 1 is 1.27 bits per heavy atom. The van der Waals surface area contributed by atoms with Crippen LogP contribution in [-0.4, -0.2) is 30.7 Å². The van der Waals surface area contributed by atoms with Gasteiger partial charge in [0.15, 0.2) is 0 Å². The number of hydrazone groups is 1. The second-order valence-corrected chi connectivity index (χ2v) is 8.02. The fourth-order valence-electron chi connectivity index (χ4n) is 2.49. The Hall–Kier alpha value is -2.64. The number of halogens is 2. The molecule has 0 radical (unpaired) electrons. The maximum absolute atomic E-state index is 12.5. The number of benzene rings is 2. The van der Waals surface area contributed by atoms with E-state index in [1.165, 1.54) is 6.21 Å². The summed E-state index contributed by atoms with van der Waals surface area (Å²) >= 11 is 9.36. The van der Waals surface area contributed by atoms with Crippen LogP contribution in [0.2, 0.25) is 5.02 Å². The molecule has 1 unspecified atom stereocenters. The zero-order valence-electron chi connectivity index (χ0n) is 16.7. The van der Waals surface area contributed by atoms with Crippen LogP contribution in [0, 0.1) is 5.92 Å². The molecule has 0 aliphatic rings. The van der Waals surface area contributed by atoms with Crippen LogP contribution in [0.5, 0.6) is 5.75 Å². The lowest BCUT2D eigenvalue weighted by atomic mass is 10.0. The van der Waals surface area contributed by atoms with Gasteiger partial charge in [0.25, 0.3) is 11.8 Å². The van der Waals surface area contributed by atoms with Crippen molar-refractivity contribution in [3.8, 4) is 5.75 Å². The van der Waals surface area contributed by atoms with Crippen molar-refractivity contribution in [1.29, 1.82) is 0 Å². The minimum absolute atomic E-state index is 0.140. The molecule has 158 valence electrons. The number of hydrogen-bond donors (Lipinski definition) is 2. The van der Waals surface area contributed by atoms with E-state index in [1.54, 1.807) is 42.5 Å². The number of amides is 2. The maximum Gasteiger partial charge on any atom is 0.262 e. The largest absolute Gasteiger partial charge is 0.488 e. The van der Waals surface area contributed by atoms with Crippen molar-refractivity contribution in [2.75, 3.05) is 6.61 Å². The van der Waals surface area contributed by atoms with E-state index in [2.05, 4.69) is 38.4 Å². The summed E-state index contributed by atoms with van der Waals surface area (Å²) in [5.41, 5.74) is 3.62. The molecule has 0 aliphatic carbocycles. The van der Waals surface area contributed by atoms with Crippen LogP contribution in [0.15, 0.2) is 64.7 Å². The van der Waals surface area contributed by atoms with Gasteiger partial charge < -0.3 is 10.1 Å². The summed E-state index contributed by atoms with van der Waals surface area (Å²) < 4.78 is 6.25. The summed E-state index contributed by atoms with van der Waals surface area (Å²) in [4.78, 5) is 25.0. The average molecular weight is 493 g/mol. The fourth-order valence-corrected chi connectivity index (χ4v) is 3.19. The van der Waals surface area contributed by atoms with Crippen molar-refractivity contribution in [3.63, 3.8) is 0 Å². The van der Waals surface area contributed by atoms with Gasteiger partial charge in [-0.3, -0.25) is 9.59 Å². The summed E-state index contributed by atoms with van der Waals surface area (Å²) in [5.74, 6) is -0.255. The highest BCUT2D eigenvalue weighted by Crippen LogP contribution is 2.25. The number of nitrogens with one attached hydrogen (secondary N) is 2. The van der Waals surface area contributed by atoms with Crippen LogP contribution in [0.1, 0.15) is 29.8 Å². The Morgan fingerprint density at radius 3 is 2.67 bits per heavy atom. The quantitative estimate of drug-likeness (QED) is 0.306. The lowest BCUT2D eigenvalue weighted by molar-refractivity contribution is -0.123. The monoisotopic (exact) mass is 491 g/mol. The zero-order chi connectivity index (χ0) is 22.1. The van der Waals surface area contributed by atoms with Gasteiger partial charge in [-0.2, -0.15) is 5.10 Å². The third-order valence-electron chi connectivity index (χ3n) is 4.02. The van der Waals surface area contributed by atoms with E-state index in [1.807, 2.05) is 19.9 Å². The molecular formula is C22H23BrClN3O3. The Bertz CT molecular complexity index is 947. The Balaban J connectivity index is 2.00. The molecule has 2 rings (SSSR count). The molecule has 8 heteroatoms. The van der Waals surface area contributed by atoms with Gasteiger partial charge in [-0.1, -0.05) is 44.2 Å². The van der Waals surface area contributed by atoms with Crippen molar-refractivity contribution in [2.45, 2.75) is 19.9 Å². The second kappa shape index (κ2) is 11.5. The number of rotatable bonds is 9. The van der Waals surface area contributed by atoms with Crippen LogP contribution in [-0.2, 0) is 4.79 Å². The molecule has 1 atom stereocenters. The van der Waals surface area contributed by atoms with Crippen molar-refractivity contribution in [2.24, 2.45) is 11.0 Å². The third kappa shape index (κ3) is 7.00. The highest BCUT2D eigenvalue weighted by Gasteiger charge is 2.24. The summed E-state index contributed by atoms with van der Waals surface area (Å²) in [5, 5.41) is 7.18. The maximum atomic E-state index is 12.5. The van der Waals surface area contributed by atoms with Crippen molar-refractivity contribution < 1.29 is 14.3 Å². The van der Waals surface area contributed by atoms with Crippen molar-refractivity contribution >= 4 is 45.6 Å². The van der Waals surface area contributed by atoms with Gasteiger partial charge >= 0.3 is 0 Å². The fraction of sp³-hybridized carbons (Fsp3) is 0.227. The van der Waals surface area contributed by atoms with Crippen molar-refractivity contribution in [1.82, 2.24) is 10.7 Å². The summed E-state index contributed by atoms with van der Waals surface area (Å²) in [7, 11) is 0. The van der Waals surface area contributed by atoms with Gasteiger partial charge in [0, 0.05) is 10.6 Å². The summed E-state index contributed by atoms with van der Waals surface area (Å²) in [6.45, 7) is 7.69. The van der Waals surface area contributed by atoms with E-state index in [4.69, 9.17) is 16.3 Å². The molecule has 2 N–H and O–H groups in total. The molecule has 0 saturated carbocycles. The Morgan fingerprint density at radius 2 is 2.03 bits per heavy atom. The Labute approximate surface area is 189 Å². The lowest BCUT2D eigenvalue weighted by Crippen LogP contribution is -2.48. The molecule has 0 heterocycles. The van der Waals surface area contributed by atoms with Gasteiger partial charge in [0.05, 0.1) is 10.7 Å². The van der Waals surface area contributed by atoms with E-state index in [0.717, 1.165) is 10.0 Å². The van der Waals surface area contributed by atoms with E-state index >= 15 is 0 Å². The summed E-state index contributed by atoms with van der Waals surface area (Å²) in [6.07, 6.45) is 3.17. The molecule has 0 aromatic heterocycles. The predicted molar refractivity (Wildman–Crippen MR) is 123 cm³/mol. The average Bonchev–Trinajstić information content (AvgIpc) is 2.70. The third-order valence-corrected chi connectivity index (χ3v) is 4.88. The molecule has 6 nitrogen and oxygen atoms in total. The standard InChI is InChI=1S/C22H23BrClN3O3/c1-4-10-30-19-9-8-15(11-18(19)23)13-25-27-22(29)20(14(2)3)26-21(28)16-6-5-7-17(24)12-16/h4-9,11-14,20H,1,10H2,2-3H3,(H,26,28)(H,27,29)/b25-13-. The molecule has 0 spiro atoms. The van der Waals surface area contributed by atoms with Gasteiger partial charge in [0.2, 0.25) is 0 Å². The number of ether oxygens (including phenoxy) is 1. The van der Waals surface area contributed by atoms with E-state index < -0.39 is 11.9 Å². The number of hydrogen-bond acceptors (Lipinski definition) is 4. The van der Waals surface area contributed by atoms with E-state index in [9.17, 15) is 9.59 Å². The first-order valence-electron chi connectivity index (χ1n) is 9.24. The van der Waals surface area contributed by atoms with Crippen LogP contribution in [0.3, 0.4) is 0 Å². The van der Waals surface area contributed by atoms with Gasteiger partial charge in [-0.05, 0) is 63.8 Å². The van der Waals surface area contributed by atoms with Crippen LogP contribution in [0.4, 0.5) is 0 Å². The van der Waals surface area contributed by atoms with Crippen molar-refractivity contribution in [3.05, 3.63) is 75.7 Å². The lowest BCUT2D eigenvalue weighted by Gasteiger charge is -2.20. The number of nitrogens with zero attached hydrogens (tertiary/aromatic N) is 1. The molecular weight excluding hydrogens is 470 g/mol. The molecule has 2 aromatic rings. The minimum Gasteiger partial charge on any atom is -0.488 e. The first kappa shape index (κ1) is 23.6. The highest BCUT2D eigenvalue weighted by molar-refractivity contribution is 9.10. The predicted octanol–water partition coefficient (Wildman–Crippen LogP) is 4.57. The van der Waals surface area contributed by atoms with Gasteiger partial charge in [-0.15, -0.1) is 0 Å². The first-order valence-corrected chi connectivity index (χ1v) is 10.4. The molecule has 0 aliphatic heterocycles. The summed E-state index contributed by atoms with van der Waals surface area (Å²) in [6, 6.07) is 11.2. The van der Waals surface area contributed by atoms with E-state index in [0.29, 0.717) is 22.9 Å². The molecule has 2 amide bonds. The molecule has 0 saturated heterocycles. The normalized spacial score (nSPS) is 11.9. The second-order valence-electron chi connectivity index (χ2n) is 6.73. The van der Waals surface area contributed by atoms with Crippen LogP contribution < -0.4 is 15.5 Å². The molecule has 30 heavy (non-hydrogen) atoms. The van der Waals surface area contributed by atoms with Gasteiger partial charge in [-0.25, -0.2) is 5.43 Å². The van der Waals surface area contributed by atoms with Gasteiger partial charge in [0.1, 0.15) is 18.4 Å².